The van der Waals surface area contributed by atoms with Crippen LogP contribution < -0.4 is 11.1 Å². The summed E-state index contributed by atoms with van der Waals surface area (Å²) in [7, 11) is 0. The van der Waals surface area contributed by atoms with Crippen molar-refractivity contribution in [2.45, 2.75) is 38.3 Å². The number of hydrogen-bond donors (Lipinski definition) is 2. The van der Waals surface area contributed by atoms with Gasteiger partial charge in [-0.15, -0.1) is 0 Å². The van der Waals surface area contributed by atoms with E-state index in [1.807, 2.05) is 6.07 Å². The van der Waals surface area contributed by atoms with E-state index in [4.69, 9.17) is 5.73 Å². The first-order valence-electron chi connectivity index (χ1n) is 6.31. The first-order chi connectivity index (χ1) is 7.77. The van der Waals surface area contributed by atoms with E-state index >= 15 is 0 Å². The van der Waals surface area contributed by atoms with E-state index in [1.165, 1.54) is 18.4 Å². The standard InChI is InChI=1S/C14H22N2/c1-11-10-14(11)16-9-5-8-13(15)12-6-3-2-4-7-12/h2-4,6-7,11,13-14,16H,5,8-10,15H2,1H3. The van der Waals surface area contributed by atoms with Crippen LogP contribution in [0.15, 0.2) is 30.3 Å². The van der Waals surface area contributed by atoms with E-state index in [0.29, 0.717) is 0 Å². The van der Waals surface area contributed by atoms with Crippen LogP contribution in [0.1, 0.15) is 37.8 Å². The lowest BCUT2D eigenvalue weighted by Gasteiger charge is -2.11. The minimum Gasteiger partial charge on any atom is -0.324 e. The van der Waals surface area contributed by atoms with Crippen molar-refractivity contribution in [2.75, 3.05) is 6.54 Å². The maximum atomic E-state index is 6.13. The van der Waals surface area contributed by atoms with Crippen LogP contribution in [0.5, 0.6) is 0 Å². The minimum atomic E-state index is 0.194. The molecule has 0 spiro atoms. The Labute approximate surface area is 98.2 Å². The zero-order valence-corrected chi connectivity index (χ0v) is 10.0. The summed E-state index contributed by atoms with van der Waals surface area (Å²) in [4.78, 5) is 0. The number of benzene rings is 1. The third kappa shape index (κ3) is 3.32. The molecule has 2 nitrogen and oxygen atoms in total. The van der Waals surface area contributed by atoms with E-state index in [2.05, 4.69) is 36.5 Å². The Balaban J connectivity index is 1.62. The molecular formula is C14H22N2. The molecule has 1 aliphatic rings. The van der Waals surface area contributed by atoms with Gasteiger partial charge in [-0.1, -0.05) is 37.3 Å². The molecule has 3 unspecified atom stereocenters. The SMILES string of the molecule is CC1CC1NCCCC(N)c1ccccc1. The van der Waals surface area contributed by atoms with Crippen molar-refractivity contribution >= 4 is 0 Å². The number of nitrogens with one attached hydrogen (secondary N) is 1. The van der Waals surface area contributed by atoms with Crippen LogP contribution >= 0.6 is 0 Å². The molecule has 0 bridgehead atoms. The fourth-order valence-electron chi connectivity index (χ4n) is 2.08. The number of hydrogen-bond acceptors (Lipinski definition) is 2. The molecule has 16 heavy (non-hydrogen) atoms. The molecule has 1 aromatic carbocycles. The molecule has 1 aromatic rings. The van der Waals surface area contributed by atoms with Gasteiger partial charge < -0.3 is 11.1 Å². The van der Waals surface area contributed by atoms with Crippen LogP contribution in [0.4, 0.5) is 0 Å². The summed E-state index contributed by atoms with van der Waals surface area (Å²) in [5, 5.41) is 3.56. The van der Waals surface area contributed by atoms with Gasteiger partial charge in [0.05, 0.1) is 0 Å². The van der Waals surface area contributed by atoms with Gasteiger partial charge in [0, 0.05) is 12.1 Å². The van der Waals surface area contributed by atoms with Gasteiger partial charge in [0.15, 0.2) is 0 Å². The molecule has 3 atom stereocenters. The summed E-state index contributed by atoms with van der Waals surface area (Å²) in [6.45, 7) is 3.41. The predicted octanol–water partition coefficient (Wildman–Crippen LogP) is 2.46. The second-order valence-corrected chi connectivity index (χ2v) is 4.93. The van der Waals surface area contributed by atoms with E-state index in [9.17, 15) is 0 Å². The fourth-order valence-corrected chi connectivity index (χ4v) is 2.08. The Morgan fingerprint density at radius 1 is 1.38 bits per heavy atom. The average molecular weight is 218 g/mol. The van der Waals surface area contributed by atoms with Crippen molar-refractivity contribution < 1.29 is 0 Å². The van der Waals surface area contributed by atoms with Gasteiger partial charge in [-0.3, -0.25) is 0 Å². The molecule has 1 aliphatic carbocycles. The van der Waals surface area contributed by atoms with Gasteiger partial charge in [0.25, 0.3) is 0 Å². The lowest BCUT2D eigenvalue weighted by molar-refractivity contribution is 0.556. The molecule has 0 aromatic heterocycles. The topological polar surface area (TPSA) is 38.0 Å². The molecule has 2 rings (SSSR count). The van der Waals surface area contributed by atoms with Gasteiger partial charge in [-0.05, 0) is 37.3 Å². The minimum absolute atomic E-state index is 0.194. The molecule has 2 heteroatoms. The fraction of sp³-hybridized carbons (Fsp3) is 0.571. The van der Waals surface area contributed by atoms with Gasteiger partial charge in [-0.25, -0.2) is 0 Å². The molecule has 1 saturated carbocycles. The van der Waals surface area contributed by atoms with E-state index in [1.54, 1.807) is 0 Å². The first kappa shape index (κ1) is 11.6. The van der Waals surface area contributed by atoms with Crippen LogP contribution in [0.2, 0.25) is 0 Å². The molecule has 0 amide bonds. The number of nitrogens with two attached hydrogens (primary N) is 1. The predicted molar refractivity (Wildman–Crippen MR) is 68.2 cm³/mol. The summed E-state index contributed by atoms with van der Waals surface area (Å²) < 4.78 is 0. The molecule has 0 saturated heterocycles. The highest BCUT2D eigenvalue weighted by Gasteiger charge is 2.31. The number of rotatable bonds is 6. The van der Waals surface area contributed by atoms with E-state index in [0.717, 1.165) is 24.9 Å². The molecule has 0 radical (unpaired) electrons. The summed E-state index contributed by atoms with van der Waals surface area (Å²) in [5.41, 5.74) is 7.38. The third-order valence-electron chi connectivity index (χ3n) is 3.44. The Kier molecular flexibility index (Phi) is 3.97. The van der Waals surface area contributed by atoms with Crippen LogP contribution in [0.25, 0.3) is 0 Å². The summed E-state index contributed by atoms with van der Waals surface area (Å²) in [5.74, 6) is 0.891. The first-order valence-corrected chi connectivity index (χ1v) is 6.31. The van der Waals surface area contributed by atoms with Crippen molar-refractivity contribution in [2.24, 2.45) is 11.7 Å². The smallest absolute Gasteiger partial charge is 0.0295 e. The van der Waals surface area contributed by atoms with E-state index in [-0.39, 0.29) is 6.04 Å². The summed E-state index contributed by atoms with van der Waals surface area (Å²) in [6.07, 6.45) is 3.59. The van der Waals surface area contributed by atoms with Crippen molar-refractivity contribution in [3.8, 4) is 0 Å². The van der Waals surface area contributed by atoms with Gasteiger partial charge in [-0.2, -0.15) is 0 Å². The molecule has 88 valence electrons. The normalized spacial score (nSPS) is 25.4. The highest BCUT2D eigenvalue weighted by molar-refractivity contribution is 5.18. The quantitative estimate of drug-likeness (QED) is 0.720. The molecule has 0 heterocycles. The van der Waals surface area contributed by atoms with Crippen molar-refractivity contribution in [1.82, 2.24) is 5.32 Å². The maximum Gasteiger partial charge on any atom is 0.0295 e. The largest absolute Gasteiger partial charge is 0.324 e. The monoisotopic (exact) mass is 218 g/mol. The van der Waals surface area contributed by atoms with Crippen LogP contribution in [0, 0.1) is 5.92 Å². The zero-order chi connectivity index (χ0) is 11.4. The van der Waals surface area contributed by atoms with E-state index < -0.39 is 0 Å². The summed E-state index contributed by atoms with van der Waals surface area (Å²) in [6, 6.07) is 11.3. The second kappa shape index (κ2) is 5.46. The Morgan fingerprint density at radius 2 is 2.06 bits per heavy atom. The Hall–Kier alpha value is -0.860. The maximum absolute atomic E-state index is 6.13. The van der Waals surface area contributed by atoms with Crippen LogP contribution in [0.3, 0.4) is 0 Å². The van der Waals surface area contributed by atoms with Gasteiger partial charge in [0.1, 0.15) is 0 Å². The molecular weight excluding hydrogens is 196 g/mol. The Morgan fingerprint density at radius 3 is 2.69 bits per heavy atom. The van der Waals surface area contributed by atoms with Gasteiger partial charge in [0.2, 0.25) is 0 Å². The van der Waals surface area contributed by atoms with Crippen molar-refractivity contribution in [3.63, 3.8) is 0 Å². The molecule has 0 aliphatic heterocycles. The highest BCUT2D eigenvalue weighted by Crippen LogP contribution is 2.28. The lowest BCUT2D eigenvalue weighted by atomic mass is 10.0. The molecule has 1 fully saturated rings. The average Bonchev–Trinajstić information content (AvgIpc) is 3.02. The molecule has 3 N–H and O–H groups in total. The lowest BCUT2D eigenvalue weighted by Crippen LogP contribution is -2.20. The van der Waals surface area contributed by atoms with Crippen LogP contribution in [-0.2, 0) is 0 Å². The Bertz CT molecular complexity index is 310. The third-order valence-corrected chi connectivity index (χ3v) is 3.44. The van der Waals surface area contributed by atoms with Crippen molar-refractivity contribution in [1.29, 1.82) is 0 Å². The highest BCUT2D eigenvalue weighted by atomic mass is 15.0. The summed E-state index contributed by atoms with van der Waals surface area (Å²) >= 11 is 0. The van der Waals surface area contributed by atoms with Crippen LogP contribution in [-0.4, -0.2) is 12.6 Å². The van der Waals surface area contributed by atoms with Crippen molar-refractivity contribution in [3.05, 3.63) is 35.9 Å². The van der Waals surface area contributed by atoms with Gasteiger partial charge >= 0.3 is 0 Å². The second-order valence-electron chi connectivity index (χ2n) is 4.93. The zero-order valence-electron chi connectivity index (χ0n) is 10.0.